The molecule has 0 unspecified atom stereocenters. The second-order valence-electron chi connectivity index (χ2n) is 8.52. The van der Waals surface area contributed by atoms with Crippen LogP contribution in [0.5, 0.6) is 0 Å². The zero-order valence-electron chi connectivity index (χ0n) is 19.3. The van der Waals surface area contributed by atoms with Gasteiger partial charge >= 0.3 is 0 Å². The van der Waals surface area contributed by atoms with Crippen molar-refractivity contribution in [3.05, 3.63) is 94.0 Å². The van der Waals surface area contributed by atoms with Gasteiger partial charge in [0.05, 0.1) is 30.0 Å². The number of hydrogen-bond donors (Lipinski definition) is 1. The van der Waals surface area contributed by atoms with Gasteiger partial charge in [-0.1, -0.05) is 45.8 Å². The highest BCUT2D eigenvalue weighted by Gasteiger charge is 2.20. The highest BCUT2D eigenvalue weighted by atomic mass is 79.9. The number of aryl methyl sites for hydroxylation is 1. The summed E-state index contributed by atoms with van der Waals surface area (Å²) in [5.41, 5.74) is 5.06. The summed E-state index contributed by atoms with van der Waals surface area (Å²) in [5.74, 6) is -0.316. The van der Waals surface area contributed by atoms with Crippen LogP contribution in [0.3, 0.4) is 0 Å². The van der Waals surface area contributed by atoms with E-state index >= 15 is 0 Å². The first-order valence-corrected chi connectivity index (χ1v) is 12.2. The van der Waals surface area contributed by atoms with E-state index < -0.39 is 0 Å². The standard InChI is InChI=1S/C28H24BrN3O3/c1-18-5-10-25-23(15-18)24(17-26(31-25)19-6-8-21(29)9-7-19)27(33)30-22-4-2-3-20(16-22)28(34)32-11-13-35-14-12-32/h2-10,15-17H,11-14H2,1H3,(H,30,33). The van der Waals surface area contributed by atoms with Gasteiger partial charge in [-0.2, -0.15) is 0 Å². The molecule has 176 valence electrons. The van der Waals surface area contributed by atoms with Crippen molar-refractivity contribution < 1.29 is 14.3 Å². The lowest BCUT2D eigenvalue weighted by atomic mass is 10.0. The van der Waals surface area contributed by atoms with Gasteiger partial charge < -0.3 is 15.0 Å². The number of nitrogens with one attached hydrogen (secondary N) is 1. The van der Waals surface area contributed by atoms with Crippen molar-refractivity contribution in [3.63, 3.8) is 0 Å². The molecule has 3 aromatic carbocycles. The third-order valence-corrected chi connectivity index (χ3v) is 6.54. The number of benzene rings is 3. The van der Waals surface area contributed by atoms with Crippen LogP contribution in [0.2, 0.25) is 0 Å². The van der Waals surface area contributed by atoms with E-state index in [1.54, 1.807) is 29.2 Å². The van der Waals surface area contributed by atoms with Crippen molar-refractivity contribution in [1.82, 2.24) is 9.88 Å². The fourth-order valence-electron chi connectivity index (χ4n) is 4.17. The third kappa shape index (κ3) is 5.11. The van der Waals surface area contributed by atoms with Gasteiger partial charge in [0.25, 0.3) is 11.8 Å². The molecule has 0 bridgehead atoms. The smallest absolute Gasteiger partial charge is 0.256 e. The van der Waals surface area contributed by atoms with E-state index in [0.717, 1.165) is 32.2 Å². The van der Waals surface area contributed by atoms with Crippen LogP contribution in [-0.2, 0) is 4.74 Å². The maximum atomic E-state index is 13.5. The molecule has 5 rings (SSSR count). The fraction of sp³-hybridized carbons (Fsp3) is 0.179. The minimum atomic E-state index is -0.252. The lowest BCUT2D eigenvalue weighted by molar-refractivity contribution is 0.0303. The van der Waals surface area contributed by atoms with Crippen LogP contribution >= 0.6 is 15.9 Å². The lowest BCUT2D eigenvalue weighted by Crippen LogP contribution is -2.40. The Morgan fingerprint density at radius 3 is 2.51 bits per heavy atom. The van der Waals surface area contributed by atoms with Gasteiger partial charge in [-0.3, -0.25) is 9.59 Å². The minimum Gasteiger partial charge on any atom is -0.378 e. The van der Waals surface area contributed by atoms with Crippen LogP contribution in [0.25, 0.3) is 22.2 Å². The average molecular weight is 530 g/mol. The summed E-state index contributed by atoms with van der Waals surface area (Å²) in [6, 6.07) is 22.6. The number of halogens is 1. The molecule has 1 saturated heterocycles. The summed E-state index contributed by atoms with van der Waals surface area (Å²) in [7, 11) is 0. The Hall–Kier alpha value is -3.55. The Bertz CT molecular complexity index is 1410. The molecule has 1 fully saturated rings. The molecule has 2 amide bonds. The second-order valence-corrected chi connectivity index (χ2v) is 9.44. The molecule has 0 radical (unpaired) electrons. The molecule has 1 aliphatic heterocycles. The molecule has 1 aliphatic rings. The number of aromatic nitrogens is 1. The number of anilines is 1. The molecule has 35 heavy (non-hydrogen) atoms. The summed E-state index contributed by atoms with van der Waals surface area (Å²) < 4.78 is 6.32. The topological polar surface area (TPSA) is 71.5 Å². The summed E-state index contributed by atoms with van der Waals surface area (Å²) in [6.07, 6.45) is 0. The van der Waals surface area contributed by atoms with E-state index in [-0.39, 0.29) is 11.8 Å². The lowest BCUT2D eigenvalue weighted by Gasteiger charge is -2.27. The summed E-state index contributed by atoms with van der Waals surface area (Å²) >= 11 is 3.46. The van der Waals surface area contributed by atoms with Crippen LogP contribution in [0, 0.1) is 6.92 Å². The van der Waals surface area contributed by atoms with Crippen molar-refractivity contribution in [2.45, 2.75) is 6.92 Å². The Kier molecular flexibility index (Phi) is 6.61. The first-order valence-electron chi connectivity index (χ1n) is 11.4. The summed E-state index contributed by atoms with van der Waals surface area (Å²) in [5, 5.41) is 3.77. The van der Waals surface area contributed by atoms with Crippen molar-refractivity contribution in [1.29, 1.82) is 0 Å². The molecule has 7 heteroatoms. The number of hydrogen-bond acceptors (Lipinski definition) is 4. The number of amides is 2. The first-order chi connectivity index (χ1) is 17.0. The molecular formula is C28H24BrN3O3. The van der Waals surface area contributed by atoms with E-state index in [1.807, 2.05) is 55.5 Å². The quantitative estimate of drug-likeness (QED) is 0.368. The monoisotopic (exact) mass is 529 g/mol. The number of carbonyl (C=O) groups excluding carboxylic acids is 2. The predicted octanol–water partition coefficient (Wildman–Crippen LogP) is 5.70. The molecular weight excluding hydrogens is 506 g/mol. The Morgan fingerprint density at radius 1 is 0.971 bits per heavy atom. The molecule has 1 aromatic heterocycles. The first kappa shape index (κ1) is 23.2. The molecule has 2 heterocycles. The molecule has 0 saturated carbocycles. The summed E-state index contributed by atoms with van der Waals surface area (Å²) in [4.78, 5) is 33.0. The van der Waals surface area contributed by atoms with Crippen LogP contribution in [0.4, 0.5) is 5.69 Å². The minimum absolute atomic E-state index is 0.0630. The maximum Gasteiger partial charge on any atom is 0.256 e. The van der Waals surface area contributed by atoms with Crippen LogP contribution in [-0.4, -0.2) is 48.0 Å². The molecule has 4 aromatic rings. The zero-order valence-corrected chi connectivity index (χ0v) is 20.8. The van der Waals surface area contributed by atoms with Crippen molar-refractivity contribution in [3.8, 4) is 11.3 Å². The zero-order chi connectivity index (χ0) is 24.4. The van der Waals surface area contributed by atoms with Gasteiger partial charge in [0.1, 0.15) is 0 Å². The molecule has 0 aliphatic carbocycles. The highest BCUT2D eigenvalue weighted by Crippen LogP contribution is 2.27. The Morgan fingerprint density at radius 2 is 1.74 bits per heavy atom. The molecule has 1 N–H and O–H groups in total. The van der Waals surface area contributed by atoms with E-state index in [9.17, 15) is 9.59 Å². The number of carbonyl (C=O) groups is 2. The Labute approximate surface area is 212 Å². The number of rotatable bonds is 4. The molecule has 0 spiro atoms. The fourth-order valence-corrected chi connectivity index (χ4v) is 4.44. The van der Waals surface area contributed by atoms with E-state index in [4.69, 9.17) is 9.72 Å². The van der Waals surface area contributed by atoms with E-state index in [0.29, 0.717) is 43.1 Å². The van der Waals surface area contributed by atoms with Gasteiger partial charge in [0, 0.05) is 39.8 Å². The van der Waals surface area contributed by atoms with Crippen molar-refractivity contribution in [2.75, 3.05) is 31.6 Å². The largest absolute Gasteiger partial charge is 0.378 e. The second kappa shape index (κ2) is 9.98. The SMILES string of the molecule is Cc1ccc2nc(-c3ccc(Br)cc3)cc(C(=O)Nc3cccc(C(=O)N4CCOCC4)c3)c2c1. The van der Waals surface area contributed by atoms with Crippen molar-refractivity contribution >= 4 is 44.3 Å². The van der Waals surface area contributed by atoms with E-state index in [2.05, 4.69) is 21.2 Å². The molecule has 6 nitrogen and oxygen atoms in total. The average Bonchev–Trinajstić information content (AvgIpc) is 2.88. The van der Waals surface area contributed by atoms with Crippen LogP contribution < -0.4 is 5.32 Å². The van der Waals surface area contributed by atoms with Gasteiger partial charge in [0.15, 0.2) is 0 Å². The normalized spacial score (nSPS) is 13.6. The number of pyridine rings is 1. The number of ether oxygens (including phenoxy) is 1. The maximum absolute atomic E-state index is 13.5. The van der Waals surface area contributed by atoms with Gasteiger partial charge in [0.2, 0.25) is 0 Å². The molecule has 0 atom stereocenters. The third-order valence-electron chi connectivity index (χ3n) is 6.01. The van der Waals surface area contributed by atoms with E-state index in [1.165, 1.54) is 0 Å². The number of morpholine rings is 1. The number of fused-ring (bicyclic) bond motifs is 1. The van der Waals surface area contributed by atoms with Gasteiger partial charge in [-0.05, 0) is 55.5 Å². The highest BCUT2D eigenvalue weighted by molar-refractivity contribution is 9.10. The van der Waals surface area contributed by atoms with Crippen LogP contribution in [0.15, 0.2) is 77.3 Å². The van der Waals surface area contributed by atoms with Crippen LogP contribution in [0.1, 0.15) is 26.3 Å². The Balaban J connectivity index is 1.48. The predicted molar refractivity (Wildman–Crippen MR) is 141 cm³/mol. The summed E-state index contributed by atoms with van der Waals surface area (Å²) in [6.45, 7) is 4.20. The van der Waals surface area contributed by atoms with Gasteiger partial charge in [-0.15, -0.1) is 0 Å². The van der Waals surface area contributed by atoms with Gasteiger partial charge in [-0.25, -0.2) is 4.98 Å². The van der Waals surface area contributed by atoms with Crippen molar-refractivity contribution in [2.24, 2.45) is 0 Å². The number of nitrogens with zero attached hydrogens (tertiary/aromatic N) is 2.